The third-order valence-corrected chi connectivity index (χ3v) is 3.01. The van der Waals surface area contributed by atoms with Gasteiger partial charge in [-0.2, -0.15) is 0 Å². The van der Waals surface area contributed by atoms with Crippen molar-refractivity contribution in [1.82, 2.24) is 4.98 Å². The van der Waals surface area contributed by atoms with Crippen molar-refractivity contribution in [2.45, 2.75) is 0 Å². The van der Waals surface area contributed by atoms with Gasteiger partial charge < -0.3 is 4.74 Å². The molecule has 0 saturated heterocycles. The zero-order valence-electron chi connectivity index (χ0n) is 11.1. The zero-order valence-corrected chi connectivity index (χ0v) is 11.8. The number of esters is 1. The Morgan fingerprint density at radius 2 is 1.91 bits per heavy atom. The molecule has 0 saturated carbocycles. The molecule has 0 bridgehead atoms. The molecule has 0 spiro atoms. The van der Waals surface area contributed by atoms with Crippen molar-refractivity contribution in [1.29, 1.82) is 0 Å². The van der Waals surface area contributed by atoms with E-state index >= 15 is 0 Å². The van der Waals surface area contributed by atoms with Gasteiger partial charge in [-0.15, -0.1) is 0 Å². The third kappa shape index (κ3) is 3.64. The van der Waals surface area contributed by atoms with Gasteiger partial charge in [0.05, 0.1) is 10.5 Å². The van der Waals surface area contributed by atoms with Crippen LogP contribution < -0.4 is 0 Å². The average molecular weight is 321 g/mol. The second kappa shape index (κ2) is 6.77. The van der Waals surface area contributed by atoms with Crippen molar-refractivity contribution in [3.05, 3.63) is 69.0 Å². The molecule has 8 heteroatoms. The van der Waals surface area contributed by atoms with Gasteiger partial charge in [0.15, 0.2) is 12.4 Å². The number of non-ortho nitro benzene ring substituents is 1. The molecule has 1 aromatic carbocycles. The molecule has 22 heavy (non-hydrogen) atoms. The Bertz CT molecular complexity index is 730. The maximum atomic E-state index is 11.9. The smallest absolute Gasteiger partial charge is 0.341 e. The maximum absolute atomic E-state index is 11.9. The van der Waals surface area contributed by atoms with Crippen LogP contribution in [0.3, 0.4) is 0 Å². The molecule has 0 aliphatic heterocycles. The van der Waals surface area contributed by atoms with Crippen LogP contribution in [0.15, 0.2) is 42.6 Å². The molecule has 2 rings (SSSR count). The minimum atomic E-state index is -0.770. The van der Waals surface area contributed by atoms with E-state index in [4.69, 9.17) is 16.3 Å². The molecule has 1 heterocycles. The lowest BCUT2D eigenvalue weighted by Gasteiger charge is -2.05. The standard InChI is InChI=1S/C14H9ClN2O5/c15-13-11(2-1-7-16-13)14(19)22-8-12(18)9-3-5-10(6-4-9)17(20)21/h1-7H,8H2. The number of halogens is 1. The summed E-state index contributed by atoms with van der Waals surface area (Å²) >= 11 is 5.74. The lowest BCUT2D eigenvalue weighted by Crippen LogP contribution is -2.14. The lowest BCUT2D eigenvalue weighted by molar-refractivity contribution is -0.384. The molecule has 0 aliphatic carbocycles. The first kappa shape index (κ1) is 15.6. The van der Waals surface area contributed by atoms with Gasteiger partial charge in [0, 0.05) is 23.9 Å². The summed E-state index contributed by atoms with van der Waals surface area (Å²) < 4.78 is 4.86. The van der Waals surface area contributed by atoms with Crippen LogP contribution in [0.4, 0.5) is 5.69 Å². The van der Waals surface area contributed by atoms with Crippen LogP contribution in [0.5, 0.6) is 0 Å². The molecule has 0 unspecified atom stereocenters. The first-order chi connectivity index (χ1) is 10.5. The van der Waals surface area contributed by atoms with Crippen molar-refractivity contribution < 1.29 is 19.2 Å². The minimum absolute atomic E-state index is 0.0183. The van der Waals surface area contributed by atoms with Crippen LogP contribution in [0.2, 0.25) is 5.15 Å². The minimum Gasteiger partial charge on any atom is -0.454 e. The molecular weight excluding hydrogens is 312 g/mol. The van der Waals surface area contributed by atoms with Gasteiger partial charge in [0.1, 0.15) is 5.15 Å². The SMILES string of the molecule is O=C(COC(=O)c1cccnc1Cl)c1ccc([N+](=O)[O-])cc1. The number of carbonyl (C=O) groups is 2. The summed E-state index contributed by atoms with van der Waals surface area (Å²) in [7, 11) is 0. The van der Waals surface area contributed by atoms with Gasteiger partial charge in [-0.3, -0.25) is 14.9 Å². The molecule has 0 amide bonds. The highest BCUT2D eigenvalue weighted by Gasteiger charge is 2.15. The fourth-order valence-electron chi connectivity index (χ4n) is 1.60. The summed E-state index contributed by atoms with van der Waals surface area (Å²) in [5.41, 5.74) is 0.132. The molecule has 0 aliphatic rings. The Morgan fingerprint density at radius 1 is 1.23 bits per heavy atom. The molecule has 0 N–H and O–H groups in total. The molecular formula is C14H9ClN2O5. The molecule has 7 nitrogen and oxygen atoms in total. The number of ether oxygens (including phenoxy) is 1. The van der Waals surface area contributed by atoms with E-state index in [1.54, 1.807) is 0 Å². The molecule has 0 radical (unpaired) electrons. The zero-order chi connectivity index (χ0) is 16.1. The number of hydrogen-bond donors (Lipinski definition) is 0. The highest BCUT2D eigenvalue weighted by atomic mass is 35.5. The fourth-order valence-corrected chi connectivity index (χ4v) is 1.80. The predicted molar refractivity (Wildman–Crippen MR) is 77.0 cm³/mol. The first-order valence-corrected chi connectivity index (χ1v) is 6.42. The predicted octanol–water partition coefficient (Wildman–Crippen LogP) is 2.68. The topological polar surface area (TPSA) is 99.4 Å². The number of rotatable bonds is 5. The van der Waals surface area contributed by atoms with E-state index in [1.165, 1.54) is 42.6 Å². The molecule has 1 aromatic heterocycles. The van der Waals surface area contributed by atoms with Crippen LogP contribution in [0.1, 0.15) is 20.7 Å². The Kier molecular flexibility index (Phi) is 4.80. The van der Waals surface area contributed by atoms with Crippen LogP contribution >= 0.6 is 11.6 Å². The summed E-state index contributed by atoms with van der Waals surface area (Å²) in [5.74, 6) is -1.25. The number of nitro groups is 1. The second-order valence-corrected chi connectivity index (χ2v) is 4.50. The van der Waals surface area contributed by atoms with Crippen molar-refractivity contribution >= 4 is 29.0 Å². The highest BCUT2D eigenvalue weighted by molar-refractivity contribution is 6.32. The molecule has 2 aromatic rings. The summed E-state index contributed by atoms with van der Waals surface area (Å²) in [6, 6.07) is 7.94. The van der Waals surface area contributed by atoms with E-state index < -0.39 is 23.3 Å². The van der Waals surface area contributed by atoms with Crippen LogP contribution in [0.25, 0.3) is 0 Å². The number of benzene rings is 1. The van der Waals surface area contributed by atoms with E-state index in [0.29, 0.717) is 0 Å². The Hall–Kier alpha value is -2.80. The Labute approximate surface area is 129 Å². The second-order valence-electron chi connectivity index (χ2n) is 4.15. The number of carbonyl (C=O) groups excluding carboxylic acids is 2. The maximum Gasteiger partial charge on any atom is 0.341 e. The third-order valence-electron chi connectivity index (χ3n) is 2.71. The highest BCUT2D eigenvalue weighted by Crippen LogP contribution is 2.14. The van der Waals surface area contributed by atoms with Crippen LogP contribution in [-0.4, -0.2) is 28.3 Å². The van der Waals surface area contributed by atoms with Crippen molar-refractivity contribution in [2.75, 3.05) is 6.61 Å². The fraction of sp³-hybridized carbons (Fsp3) is 0.0714. The number of nitro benzene ring substituents is 1. The molecule has 0 atom stereocenters. The lowest BCUT2D eigenvalue weighted by atomic mass is 10.1. The van der Waals surface area contributed by atoms with E-state index in [2.05, 4.69) is 4.98 Å². The Morgan fingerprint density at radius 3 is 2.50 bits per heavy atom. The van der Waals surface area contributed by atoms with Gasteiger partial charge in [0.25, 0.3) is 5.69 Å². The first-order valence-electron chi connectivity index (χ1n) is 6.04. The van der Waals surface area contributed by atoms with E-state index in [9.17, 15) is 19.7 Å². The normalized spacial score (nSPS) is 10.0. The van der Waals surface area contributed by atoms with Crippen molar-refractivity contribution in [3.8, 4) is 0 Å². The van der Waals surface area contributed by atoms with Gasteiger partial charge in [-0.05, 0) is 24.3 Å². The van der Waals surface area contributed by atoms with E-state index in [-0.39, 0.29) is 22.0 Å². The number of Topliss-reactive ketones (excluding diaryl/α,β-unsaturated/α-hetero) is 1. The number of hydrogen-bond acceptors (Lipinski definition) is 6. The largest absolute Gasteiger partial charge is 0.454 e. The van der Waals surface area contributed by atoms with Crippen LogP contribution in [-0.2, 0) is 4.74 Å². The summed E-state index contributed by atoms with van der Waals surface area (Å²) in [4.78, 5) is 37.3. The van der Waals surface area contributed by atoms with Gasteiger partial charge in [0.2, 0.25) is 0 Å². The molecule has 112 valence electrons. The summed E-state index contributed by atoms with van der Waals surface area (Å²) in [6.45, 7) is -0.498. The van der Waals surface area contributed by atoms with Gasteiger partial charge >= 0.3 is 5.97 Å². The molecule has 0 fully saturated rings. The van der Waals surface area contributed by atoms with Crippen molar-refractivity contribution in [2.24, 2.45) is 0 Å². The van der Waals surface area contributed by atoms with Gasteiger partial charge in [-0.1, -0.05) is 11.6 Å². The Balaban J connectivity index is 1.99. The van der Waals surface area contributed by atoms with E-state index in [0.717, 1.165) is 0 Å². The van der Waals surface area contributed by atoms with Crippen LogP contribution in [0, 0.1) is 10.1 Å². The van der Waals surface area contributed by atoms with Gasteiger partial charge in [-0.25, -0.2) is 9.78 Å². The number of pyridine rings is 1. The monoisotopic (exact) mass is 320 g/mol. The number of ketones is 1. The summed E-state index contributed by atoms with van der Waals surface area (Å²) in [6.07, 6.45) is 1.42. The number of aromatic nitrogens is 1. The quantitative estimate of drug-likeness (QED) is 0.276. The number of nitrogens with zero attached hydrogens (tertiary/aromatic N) is 2. The van der Waals surface area contributed by atoms with Crippen molar-refractivity contribution in [3.63, 3.8) is 0 Å². The van der Waals surface area contributed by atoms with E-state index in [1.807, 2.05) is 0 Å². The average Bonchev–Trinajstić information content (AvgIpc) is 2.52. The summed E-state index contributed by atoms with van der Waals surface area (Å²) in [5, 5.41) is 10.5.